The molecule has 1 aromatic carbocycles. The Labute approximate surface area is 153 Å². The Balaban J connectivity index is 1.55. The minimum Gasteiger partial charge on any atom is -0.330 e. The second-order valence-corrected chi connectivity index (χ2v) is 8.30. The van der Waals surface area contributed by atoms with Gasteiger partial charge in [0, 0.05) is 25.0 Å². The van der Waals surface area contributed by atoms with Crippen LogP contribution >= 0.6 is 11.3 Å². The van der Waals surface area contributed by atoms with Gasteiger partial charge in [0.1, 0.15) is 5.82 Å². The lowest BCUT2D eigenvalue weighted by molar-refractivity contribution is 0.239. The van der Waals surface area contributed by atoms with E-state index in [0.29, 0.717) is 6.04 Å². The molecule has 0 aliphatic carbocycles. The third-order valence-electron chi connectivity index (χ3n) is 5.05. The number of benzene rings is 1. The normalized spacial score (nSPS) is 18.6. The highest BCUT2D eigenvalue weighted by Gasteiger charge is 2.30. The number of fused-ring (bicyclic) bond motifs is 1. The summed E-state index contributed by atoms with van der Waals surface area (Å²) in [6, 6.07) is 11.2. The summed E-state index contributed by atoms with van der Waals surface area (Å²) in [5.41, 5.74) is 3.76. The molecule has 1 fully saturated rings. The Kier molecular flexibility index (Phi) is 4.63. The highest BCUT2D eigenvalue weighted by Crippen LogP contribution is 2.34. The summed E-state index contributed by atoms with van der Waals surface area (Å²) >= 11 is 1.89. The van der Waals surface area contributed by atoms with Gasteiger partial charge in [0.25, 0.3) is 0 Å². The van der Waals surface area contributed by atoms with E-state index in [1.807, 2.05) is 11.3 Å². The number of aryl methyl sites for hydroxylation is 1. The number of para-hydroxylation sites is 2. The number of nitrogens with zero attached hydrogens (tertiary/aromatic N) is 4. The van der Waals surface area contributed by atoms with E-state index in [0.717, 1.165) is 25.2 Å². The highest BCUT2D eigenvalue weighted by atomic mass is 32.1. The molecule has 0 N–H and O–H groups in total. The molecule has 3 aromatic rings. The standard InChI is InChI=1S/C20H26N4S/c1-22(2)12-15-11-16(25-14-15)13-24-10-6-9-19(24)20-21-17-7-4-5-8-18(17)23(20)3/h4-5,7-8,11,14,19H,6,9-10,12-13H2,1-3H3. The fourth-order valence-corrected chi connectivity index (χ4v) is 4.83. The van der Waals surface area contributed by atoms with Gasteiger partial charge in [0.2, 0.25) is 0 Å². The maximum absolute atomic E-state index is 4.95. The lowest BCUT2D eigenvalue weighted by Crippen LogP contribution is -2.24. The summed E-state index contributed by atoms with van der Waals surface area (Å²) in [6.07, 6.45) is 2.46. The second-order valence-electron chi connectivity index (χ2n) is 7.31. The smallest absolute Gasteiger partial charge is 0.127 e. The molecule has 3 heterocycles. The van der Waals surface area contributed by atoms with Gasteiger partial charge in [-0.2, -0.15) is 0 Å². The lowest BCUT2D eigenvalue weighted by Gasteiger charge is -2.23. The molecule has 4 nitrogen and oxygen atoms in total. The van der Waals surface area contributed by atoms with Gasteiger partial charge in [0.15, 0.2) is 0 Å². The topological polar surface area (TPSA) is 24.3 Å². The van der Waals surface area contributed by atoms with Crippen molar-refractivity contribution < 1.29 is 0 Å². The van der Waals surface area contributed by atoms with Crippen molar-refractivity contribution in [1.29, 1.82) is 0 Å². The molecule has 5 heteroatoms. The zero-order chi connectivity index (χ0) is 17.4. The van der Waals surface area contributed by atoms with Gasteiger partial charge in [-0.25, -0.2) is 4.98 Å². The van der Waals surface area contributed by atoms with Crippen molar-refractivity contribution in [3.8, 4) is 0 Å². The molecule has 4 rings (SSSR count). The minimum absolute atomic E-state index is 0.428. The van der Waals surface area contributed by atoms with Crippen molar-refractivity contribution in [2.75, 3.05) is 20.6 Å². The average molecular weight is 355 g/mol. The van der Waals surface area contributed by atoms with Gasteiger partial charge in [-0.15, -0.1) is 11.3 Å². The summed E-state index contributed by atoms with van der Waals surface area (Å²) < 4.78 is 2.28. The Hall–Kier alpha value is -1.69. The number of hydrogen-bond acceptors (Lipinski definition) is 4. The van der Waals surface area contributed by atoms with Crippen LogP contribution in [0.1, 0.15) is 35.1 Å². The van der Waals surface area contributed by atoms with E-state index >= 15 is 0 Å². The first-order valence-corrected chi connectivity index (χ1v) is 9.86. The molecule has 1 saturated heterocycles. The van der Waals surface area contributed by atoms with Crippen LogP contribution in [0.3, 0.4) is 0 Å². The van der Waals surface area contributed by atoms with E-state index in [9.17, 15) is 0 Å². The van der Waals surface area contributed by atoms with Gasteiger partial charge in [-0.1, -0.05) is 12.1 Å². The minimum atomic E-state index is 0.428. The third kappa shape index (κ3) is 3.36. The van der Waals surface area contributed by atoms with Crippen LogP contribution < -0.4 is 0 Å². The number of imidazole rings is 1. The van der Waals surface area contributed by atoms with Crippen LogP contribution in [-0.4, -0.2) is 40.0 Å². The predicted octanol–water partition coefficient (Wildman–Crippen LogP) is 4.03. The molecule has 25 heavy (non-hydrogen) atoms. The lowest BCUT2D eigenvalue weighted by atomic mass is 10.2. The summed E-state index contributed by atoms with van der Waals surface area (Å²) in [5, 5.41) is 2.30. The molecule has 0 spiro atoms. The summed E-state index contributed by atoms with van der Waals surface area (Å²) in [5.74, 6) is 1.21. The molecule has 0 amide bonds. The van der Waals surface area contributed by atoms with Crippen LogP contribution in [-0.2, 0) is 20.1 Å². The van der Waals surface area contributed by atoms with E-state index in [1.54, 1.807) is 0 Å². The molecule has 0 bridgehead atoms. The summed E-state index contributed by atoms with van der Waals surface area (Å²) in [6.45, 7) is 3.21. The van der Waals surface area contributed by atoms with Crippen LogP contribution in [0, 0.1) is 0 Å². The quantitative estimate of drug-likeness (QED) is 0.691. The van der Waals surface area contributed by atoms with E-state index in [1.165, 1.54) is 34.6 Å². The van der Waals surface area contributed by atoms with Gasteiger partial charge in [-0.3, -0.25) is 4.90 Å². The second kappa shape index (κ2) is 6.90. The Morgan fingerprint density at radius 1 is 1.28 bits per heavy atom. The van der Waals surface area contributed by atoms with Gasteiger partial charge in [0.05, 0.1) is 17.1 Å². The maximum Gasteiger partial charge on any atom is 0.127 e. The van der Waals surface area contributed by atoms with Crippen molar-refractivity contribution >= 4 is 22.4 Å². The SMILES string of the molecule is CN(C)Cc1csc(CN2CCCC2c2nc3ccccc3n2C)c1. The Bertz CT molecular complexity index is 864. The van der Waals surface area contributed by atoms with Crippen molar-refractivity contribution in [3.63, 3.8) is 0 Å². The number of likely N-dealkylation sites (tertiary alicyclic amines) is 1. The largest absolute Gasteiger partial charge is 0.330 e. The molecule has 0 saturated carbocycles. The molecule has 0 radical (unpaired) electrons. The van der Waals surface area contributed by atoms with Gasteiger partial charge >= 0.3 is 0 Å². The third-order valence-corrected chi connectivity index (χ3v) is 6.02. The molecule has 132 valence electrons. The fourth-order valence-electron chi connectivity index (χ4n) is 3.93. The zero-order valence-electron chi connectivity index (χ0n) is 15.3. The van der Waals surface area contributed by atoms with Crippen molar-refractivity contribution in [3.05, 3.63) is 52.0 Å². The molecule has 1 unspecified atom stereocenters. The van der Waals surface area contributed by atoms with Crippen LogP contribution in [0.2, 0.25) is 0 Å². The Morgan fingerprint density at radius 3 is 2.92 bits per heavy atom. The number of rotatable bonds is 5. The number of aromatic nitrogens is 2. The van der Waals surface area contributed by atoms with Gasteiger partial charge < -0.3 is 9.47 Å². The van der Waals surface area contributed by atoms with Crippen LogP contribution in [0.15, 0.2) is 35.7 Å². The monoisotopic (exact) mass is 354 g/mol. The van der Waals surface area contributed by atoms with E-state index < -0.39 is 0 Å². The first-order chi connectivity index (χ1) is 12.1. The number of thiophene rings is 1. The zero-order valence-corrected chi connectivity index (χ0v) is 16.1. The first kappa shape index (κ1) is 16.8. The van der Waals surface area contributed by atoms with Gasteiger partial charge in [-0.05, 0) is 62.6 Å². The summed E-state index contributed by atoms with van der Waals surface area (Å²) in [7, 11) is 6.40. The first-order valence-electron chi connectivity index (χ1n) is 8.98. The molecule has 2 aromatic heterocycles. The van der Waals surface area contributed by atoms with Crippen molar-refractivity contribution in [2.45, 2.75) is 32.0 Å². The van der Waals surface area contributed by atoms with Crippen LogP contribution in [0.4, 0.5) is 0 Å². The van der Waals surface area contributed by atoms with E-state index in [2.05, 4.69) is 71.2 Å². The average Bonchev–Trinajstić information content (AvgIpc) is 3.28. The van der Waals surface area contributed by atoms with E-state index in [-0.39, 0.29) is 0 Å². The molecule has 1 aliphatic heterocycles. The predicted molar refractivity (Wildman–Crippen MR) is 105 cm³/mol. The molecular formula is C20H26N4S. The molecule has 1 atom stereocenters. The van der Waals surface area contributed by atoms with Crippen molar-refractivity contribution in [1.82, 2.24) is 19.4 Å². The summed E-state index contributed by atoms with van der Waals surface area (Å²) in [4.78, 5) is 11.2. The molecule has 1 aliphatic rings. The van der Waals surface area contributed by atoms with Crippen LogP contribution in [0.5, 0.6) is 0 Å². The van der Waals surface area contributed by atoms with E-state index in [4.69, 9.17) is 4.98 Å². The molecular weight excluding hydrogens is 328 g/mol. The maximum atomic E-state index is 4.95. The fraction of sp³-hybridized carbons (Fsp3) is 0.450. The van der Waals surface area contributed by atoms with Crippen LogP contribution in [0.25, 0.3) is 11.0 Å². The Morgan fingerprint density at radius 2 is 2.12 bits per heavy atom. The highest BCUT2D eigenvalue weighted by molar-refractivity contribution is 7.10. The van der Waals surface area contributed by atoms with Crippen molar-refractivity contribution in [2.24, 2.45) is 7.05 Å². The number of hydrogen-bond donors (Lipinski definition) is 0.